The minimum atomic E-state index is -0.589. The Morgan fingerprint density at radius 3 is 2.19 bits per heavy atom. The summed E-state index contributed by atoms with van der Waals surface area (Å²) in [4.78, 5) is 22.3. The molecule has 1 amide bonds. The molecule has 2 aromatic rings. The zero-order chi connectivity index (χ0) is 15.1. The van der Waals surface area contributed by atoms with Gasteiger partial charge in [-0.25, -0.2) is 5.43 Å². The largest absolute Gasteiger partial charge is 0.287 e. The molecule has 0 aliphatic heterocycles. The van der Waals surface area contributed by atoms with Crippen LogP contribution in [0, 0.1) is 10.1 Å². The number of hydrogen-bond acceptors (Lipinski definition) is 4. The maximum absolute atomic E-state index is 11.9. The van der Waals surface area contributed by atoms with E-state index in [1.807, 2.05) is 12.1 Å². The molecular formula is C15H15N3O3. The Balaban J connectivity index is 2.03. The number of carbonyl (C=O) groups excluding carboxylic acids is 1. The molecule has 108 valence electrons. The molecule has 6 nitrogen and oxygen atoms in total. The first-order valence-corrected chi connectivity index (χ1v) is 6.44. The molecule has 6 heteroatoms. The zero-order valence-electron chi connectivity index (χ0n) is 11.2. The average molecular weight is 285 g/mol. The first-order chi connectivity index (χ1) is 10.2. The van der Waals surface area contributed by atoms with Crippen LogP contribution in [0.2, 0.25) is 0 Å². The Bertz CT molecular complexity index is 602. The lowest BCUT2D eigenvalue weighted by Gasteiger charge is -2.16. The molecule has 0 bridgehead atoms. The van der Waals surface area contributed by atoms with Crippen LogP contribution >= 0.6 is 0 Å². The minimum absolute atomic E-state index is 0.320. The Kier molecular flexibility index (Phi) is 5.00. The number of amides is 1. The van der Waals surface area contributed by atoms with Gasteiger partial charge in [-0.1, -0.05) is 48.5 Å². The number of carbonyl (C=O) groups is 1. The first kappa shape index (κ1) is 14.7. The van der Waals surface area contributed by atoms with E-state index in [9.17, 15) is 14.9 Å². The predicted octanol–water partition coefficient (Wildman–Crippen LogP) is 1.94. The van der Waals surface area contributed by atoms with Crippen molar-refractivity contribution in [2.24, 2.45) is 0 Å². The SMILES string of the molecule is O=C(NNC(C[N+](=O)[O-])c1ccccc1)c1ccccc1. The van der Waals surface area contributed by atoms with Gasteiger partial charge in [-0.05, 0) is 17.7 Å². The lowest BCUT2D eigenvalue weighted by atomic mass is 10.1. The quantitative estimate of drug-likeness (QED) is 0.627. The predicted molar refractivity (Wildman–Crippen MR) is 78.1 cm³/mol. The summed E-state index contributed by atoms with van der Waals surface area (Å²) in [6.45, 7) is -0.320. The summed E-state index contributed by atoms with van der Waals surface area (Å²) in [5, 5.41) is 10.8. The smallest absolute Gasteiger partial charge is 0.265 e. The lowest BCUT2D eigenvalue weighted by Crippen LogP contribution is -2.42. The molecule has 0 aliphatic carbocycles. The second-order valence-corrected chi connectivity index (χ2v) is 4.44. The van der Waals surface area contributed by atoms with E-state index in [1.165, 1.54) is 0 Å². The van der Waals surface area contributed by atoms with Crippen LogP contribution in [-0.2, 0) is 0 Å². The highest BCUT2D eigenvalue weighted by Crippen LogP contribution is 2.11. The highest BCUT2D eigenvalue weighted by atomic mass is 16.6. The fourth-order valence-electron chi connectivity index (χ4n) is 1.88. The van der Waals surface area contributed by atoms with Crippen LogP contribution in [0.15, 0.2) is 60.7 Å². The molecule has 0 saturated heterocycles. The monoisotopic (exact) mass is 285 g/mol. The summed E-state index contributed by atoms with van der Waals surface area (Å²) >= 11 is 0. The van der Waals surface area contributed by atoms with Gasteiger partial charge in [0.15, 0.2) is 0 Å². The minimum Gasteiger partial charge on any atom is -0.287 e. The molecule has 0 heterocycles. The Labute approximate surface area is 121 Å². The molecular weight excluding hydrogens is 270 g/mol. The summed E-state index contributed by atoms with van der Waals surface area (Å²) in [5.74, 6) is -0.333. The third kappa shape index (κ3) is 4.39. The second kappa shape index (κ2) is 7.16. The number of rotatable bonds is 6. The van der Waals surface area contributed by atoms with E-state index in [4.69, 9.17) is 0 Å². The standard InChI is InChI=1S/C15H15N3O3/c19-15(13-9-5-2-6-10-13)17-16-14(11-18(20)21)12-7-3-1-4-8-12/h1-10,14,16H,11H2,(H,17,19). The lowest BCUT2D eigenvalue weighted by molar-refractivity contribution is -0.484. The van der Waals surface area contributed by atoms with Crippen LogP contribution in [0.4, 0.5) is 0 Å². The van der Waals surface area contributed by atoms with Crippen molar-refractivity contribution in [2.75, 3.05) is 6.54 Å². The molecule has 0 aliphatic rings. The average Bonchev–Trinajstić information content (AvgIpc) is 2.52. The highest BCUT2D eigenvalue weighted by Gasteiger charge is 2.18. The van der Waals surface area contributed by atoms with E-state index < -0.39 is 11.0 Å². The summed E-state index contributed by atoms with van der Waals surface area (Å²) < 4.78 is 0. The van der Waals surface area contributed by atoms with Gasteiger partial charge >= 0.3 is 0 Å². The van der Waals surface area contributed by atoms with Crippen molar-refractivity contribution in [1.29, 1.82) is 0 Å². The Morgan fingerprint density at radius 2 is 1.62 bits per heavy atom. The molecule has 1 unspecified atom stereocenters. The molecule has 2 N–H and O–H groups in total. The van der Waals surface area contributed by atoms with Gasteiger partial charge < -0.3 is 0 Å². The number of hydrogen-bond donors (Lipinski definition) is 2. The van der Waals surface area contributed by atoms with Crippen LogP contribution < -0.4 is 10.9 Å². The van der Waals surface area contributed by atoms with Crippen molar-refractivity contribution >= 4 is 5.91 Å². The molecule has 0 saturated carbocycles. The van der Waals surface area contributed by atoms with Crippen LogP contribution in [0.3, 0.4) is 0 Å². The number of hydrazine groups is 1. The van der Waals surface area contributed by atoms with Crippen LogP contribution in [0.1, 0.15) is 22.0 Å². The normalized spacial score (nSPS) is 11.6. The van der Waals surface area contributed by atoms with E-state index in [-0.39, 0.29) is 12.5 Å². The summed E-state index contributed by atoms with van der Waals surface area (Å²) in [7, 11) is 0. The molecule has 0 spiro atoms. The molecule has 1 atom stereocenters. The Hall–Kier alpha value is -2.73. The summed E-state index contributed by atoms with van der Waals surface area (Å²) in [6, 6.07) is 17.0. The van der Waals surface area contributed by atoms with Crippen LogP contribution in [-0.4, -0.2) is 17.4 Å². The molecule has 0 aromatic heterocycles. The van der Waals surface area contributed by atoms with E-state index in [2.05, 4.69) is 10.9 Å². The van der Waals surface area contributed by atoms with Gasteiger partial charge in [-0.3, -0.25) is 20.3 Å². The third-order valence-electron chi connectivity index (χ3n) is 2.93. The van der Waals surface area contributed by atoms with Gasteiger partial charge in [-0.2, -0.15) is 0 Å². The fourth-order valence-corrected chi connectivity index (χ4v) is 1.88. The number of benzene rings is 2. The van der Waals surface area contributed by atoms with Gasteiger partial charge in [0.25, 0.3) is 5.91 Å². The van der Waals surface area contributed by atoms with E-state index >= 15 is 0 Å². The number of nitrogens with one attached hydrogen (secondary N) is 2. The maximum atomic E-state index is 11.9. The second-order valence-electron chi connectivity index (χ2n) is 4.44. The van der Waals surface area contributed by atoms with E-state index in [1.54, 1.807) is 48.5 Å². The Morgan fingerprint density at radius 1 is 1.05 bits per heavy atom. The number of nitro groups is 1. The van der Waals surface area contributed by atoms with Crippen molar-refractivity contribution in [3.05, 3.63) is 81.9 Å². The first-order valence-electron chi connectivity index (χ1n) is 6.44. The van der Waals surface area contributed by atoms with Crippen molar-refractivity contribution in [3.63, 3.8) is 0 Å². The van der Waals surface area contributed by atoms with Crippen molar-refractivity contribution < 1.29 is 9.72 Å². The van der Waals surface area contributed by atoms with Gasteiger partial charge in [-0.15, -0.1) is 0 Å². The highest BCUT2D eigenvalue weighted by molar-refractivity contribution is 5.93. The fraction of sp³-hybridized carbons (Fsp3) is 0.133. The summed E-state index contributed by atoms with van der Waals surface area (Å²) in [6.07, 6.45) is 0. The van der Waals surface area contributed by atoms with Crippen molar-refractivity contribution in [3.8, 4) is 0 Å². The molecule has 2 rings (SSSR count). The topological polar surface area (TPSA) is 84.3 Å². The number of nitrogens with zero attached hydrogens (tertiary/aromatic N) is 1. The van der Waals surface area contributed by atoms with Gasteiger partial charge in [0.1, 0.15) is 6.04 Å². The van der Waals surface area contributed by atoms with Crippen LogP contribution in [0.5, 0.6) is 0 Å². The third-order valence-corrected chi connectivity index (χ3v) is 2.93. The van der Waals surface area contributed by atoms with Gasteiger partial charge in [0.05, 0.1) is 0 Å². The molecule has 0 fully saturated rings. The van der Waals surface area contributed by atoms with Crippen molar-refractivity contribution in [2.45, 2.75) is 6.04 Å². The van der Waals surface area contributed by atoms with Gasteiger partial charge in [0.2, 0.25) is 6.54 Å². The molecule has 2 aromatic carbocycles. The zero-order valence-corrected chi connectivity index (χ0v) is 11.2. The molecule has 0 radical (unpaired) electrons. The molecule has 21 heavy (non-hydrogen) atoms. The van der Waals surface area contributed by atoms with E-state index in [0.717, 1.165) is 5.56 Å². The van der Waals surface area contributed by atoms with Gasteiger partial charge in [0, 0.05) is 10.5 Å². The maximum Gasteiger partial charge on any atom is 0.265 e. The van der Waals surface area contributed by atoms with E-state index in [0.29, 0.717) is 5.56 Å². The van der Waals surface area contributed by atoms with Crippen LogP contribution in [0.25, 0.3) is 0 Å². The van der Waals surface area contributed by atoms with Crippen molar-refractivity contribution in [1.82, 2.24) is 10.9 Å². The summed E-state index contributed by atoms with van der Waals surface area (Å²) in [5.41, 5.74) is 6.46.